The van der Waals surface area contributed by atoms with Gasteiger partial charge in [-0.05, 0) is 50.4 Å². The summed E-state index contributed by atoms with van der Waals surface area (Å²) >= 11 is 7.09. The second kappa shape index (κ2) is 6.38. The Balaban J connectivity index is 2.09. The minimum Gasteiger partial charge on any atom is -0.378 e. The summed E-state index contributed by atoms with van der Waals surface area (Å²) in [5.74, 6) is 0. The fraction of sp³-hybridized carbons (Fsp3) is 0.308. The maximum Gasteiger partial charge on any atom is 0.0948 e. The molecule has 0 fully saturated rings. The van der Waals surface area contributed by atoms with Gasteiger partial charge in [0, 0.05) is 21.7 Å². The van der Waals surface area contributed by atoms with Gasteiger partial charge in [0.05, 0.1) is 24.3 Å². The van der Waals surface area contributed by atoms with Crippen LogP contribution in [0.25, 0.3) is 0 Å². The molecule has 0 spiro atoms. The predicted molar refractivity (Wildman–Crippen MR) is 81.7 cm³/mol. The maximum absolute atomic E-state index is 4.20. The van der Waals surface area contributed by atoms with Crippen LogP contribution < -0.4 is 5.32 Å². The van der Waals surface area contributed by atoms with E-state index in [0.29, 0.717) is 0 Å². The molecule has 0 aliphatic carbocycles. The number of nitrogens with one attached hydrogen (secondary N) is 1. The molecule has 1 N–H and O–H groups in total. The fourth-order valence-corrected chi connectivity index (χ4v) is 3.06. The molecule has 0 amide bonds. The minimum absolute atomic E-state index is 0.765. The lowest BCUT2D eigenvalue weighted by Gasteiger charge is -2.12. The number of benzene rings is 1. The first-order valence-electron chi connectivity index (χ1n) is 5.89. The molecule has 0 saturated heterocycles. The minimum atomic E-state index is 0.765. The summed E-state index contributed by atoms with van der Waals surface area (Å²) in [6, 6.07) is 6.05. The van der Waals surface area contributed by atoms with Crippen molar-refractivity contribution in [3.63, 3.8) is 0 Å². The zero-order valence-corrected chi connectivity index (χ0v) is 13.3. The van der Waals surface area contributed by atoms with Gasteiger partial charge >= 0.3 is 0 Å². The normalized spacial score (nSPS) is 10.6. The molecule has 2 aromatic rings. The van der Waals surface area contributed by atoms with E-state index >= 15 is 0 Å². The third-order valence-corrected chi connectivity index (χ3v) is 3.99. The Morgan fingerprint density at radius 3 is 2.67 bits per heavy atom. The topological polar surface area (TPSA) is 29.9 Å². The molecule has 3 nitrogen and oxygen atoms in total. The summed E-state index contributed by atoms with van der Waals surface area (Å²) < 4.78 is 4.29. The van der Waals surface area contributed by atoms with Gasteiger partial charge < -0.3 is 9.88 Å². The van der Waals surface area contributed by atoms with Gasteiger partial charge in [-0.1, -0.05) is 13.0 Å². The van der Waals surface area contributed by atoms with E-state index in [9.17, 15) is 0 Å². The van der Waals surface area contributed by atoms with Crippen LogP contribution in [0.1, 0.15) is 19.0 Å². The summed E-state index contributed by atoms with van der Waals surface area (Å²) in [5.41, 5.74) is 2.27. The molecule has 1 aromatic heterocycles. The third kappa shape index (κ3) is 3.14. The fourth-order valence-electron chi connectivity index (χ4n) is 1.78. The molecular weight excluding hydrogens is 358 g/mol. The van der Waals surface area contributed by atoms with Crippen molar-refractivity contribution in [2.24, 2.45) is 0 Å². The number of hydrogen-bond acceptors (Lipinski definition) is 2. The highest BCUT2D eigenvalue weighted by Gasteiger charge is 2.06. The van der Waals surface area contributed by atoms with Crippen LogP contribution in [0.4, 0.5) is 5.69 Å². The van der Waals surface area contributed by atoms with E-state index in [4.69, 9.17) is 0 Å². The molecule has 0 saturated carbocycles. The number of aryl methyl sites for hydroxylation is 1. The number of anilines is 1. The van der Waals surface area contributed by atoms with Crippen LogP contribution in [0.15, 0.2) is 39.7 Å². The van der Waals surface area contributed by atoms with E-state index in [1.807, 2.05) is 30.7 Å². The van der Waals surface area contributed by atoms with Crippen molar-refractivity contribution < 1.29 is 0 Å². The second-order valence-corrected chi connectivity index (χ2v) is 5.74. The van der Waals surface area contributed by atoms with Crippen molar-refractivity contribution >= 4 is 37.5 Å². The summed E-state index contributed by atoms with van der Waals surface area (Å²) in [6.45, 7) is 3.94. The van der Waals surface area contributed by atoms with Crippen LogP contribution in [0, 0.1) is 0 Å². The number of imidazole rings is 1. The van der Waals surface area contributed by atoms with Crippen molar-refractivity contribution in [2.75, 3.05) is 5.32 Å². The van der Waals surface area contributed by atoms with Crippen molar-refractivity contribution in [1.82, 2.24) is 9.55 Å². The first kappa shape index (κ1) is 13.6. The van der Waals surface area contributed by atoms with Crippen LogP contribution in [0.5, 0.6) is 0 Å². The summed E-state index contributed by atoms with van der Waals surface area (Å²) in [4.78, 5) is 4.20. The number of rotatable bonds is 5. The van der Waals surface area contributed by atoms with Gasteiger partial charge in [-0.2, -0.15) is 0 Å². The van der Waals surface area contributed by atoms with Crippen LogP contribution in [-0.4, -0.2) is 9.55 Å². The van der Waals surface area contributed by atoms with Gasteiger partial charge in [-0.3, -0.25) is 0 Å². The van der Waals surface area contributed by atoms with Crippen LogP contribution in [-0.2, 0) is 13.1 Å². The zero-order chi connectivity index (χ0) is 13.0. The van der Waals surface area contributed by atoms with Gasteiger partial charge in [-0.25, -0.2) is 4.98 Å². The van der Waals surface area contributed by atoms with Gasteiger partial charge in [0.1, 0.15) is 0 Å². The highest BCUT2D eigenvalue weighted by atomic mass is 79.9. The van der Waals surface area contributed by atoms with E-state index in [2.05, 4.69) is 53.7 Å². The lowest BCUT2D eigenvalue weighted by Crippen LogP contribution is -2.07. The van der Waals surface area contributed by atoms with Crippen LogP contribution in [0.2, 0.25) is 0 Å². The lowest BCUT2D eigenvalue weighted by molar-refractivity contribution is 0.651. The molecule has 0 radical (unpaired) electrons. The van der Waals surface area contributed by atoms with Gasteiger partial charge in [-0.15, -0.1) is 0 Å². The Labute approximate surface area is 124 Å². The van der Waals surface area contributed by atoms with Crippen molar-refractivity contribution in [2.45, 2.75) is 26.4 Å². The quantitative estimate of drug-likeness (QED) is 0.841. The molecule has 1 aromatic carbocycles. The third-order valence-electron chi connectivity index (χ3n) is 2.67. The molecule has 0 aliphatic heterocycles. The molecule has 1 heterocycles. The number of nitrogens with zero attached hydrogens (tertiary/aromatic N) is 2. The molecule has 0 bridgehead atoms. The number of hydrogen-bond donors (Lipinski definition) is 1. The molecule has 5 heteroatoms. The number of aromatic nitrogens is 2. The van der Waals surface area contributed by atoms with Crippen LogP contribution in [0.3, 0.4) is 0 Å². The Morgan fingerprint density at radius 2 is 2.00 bits per heavy atom. The van der Waals surface area contributed by atoms with E-state index < -0.39 is 0 Å². The van der Waals surface area contributed by atoms with E-state index in [1.165, 1.54) is 5.69 Å². The zero-order valence-electron chi connectivity index (χ0n) is 10.2. The molecule has 96 valence electrons. The number of halogens is 2. The van der Waals surface area contributed by atoms with Crippen LogP contribution >= 0.6 is 31.9 Å². The second-order valence-electron chi connectivity index (χ2n) is 4.03. The molecular formula is C13H15Br2N3. The largest absolute Gasteiger partial charge is 0.378 e. The van der Waals surface area contributed by atoms with Crippen molar-refractivity contribution in [3.05, 3.63) is 45.4 Å². The molecule has 2 rings (SSSR count). The maximum atomic E-state index is 4.20. The Bertz CT molecular complexity index is 502. The van der Waals surface area contributed by atoms with Gasteiger partial charge in [0.15, 0.2) is 0 Å². The smallest absolute Gasteiger partial charge is 0.0948 e. The standard InChI is InChI=1S/C13H15Br2N3/c1-2-6-18-9-16-7-10(18)8-17-13-11(14)4-3-5-12(13)15/h3-5,7,9,17H,2,6,8H2,1H3. The Kier molecular flexibility index (Phi) is 4.83. The van der Waals surface area contributed by atoms with Gasteiger partial charge in [0.25, 0.3) is 0 Å². The molecule has 0 aliphatic rings. The van der Waals surface area contributed by atoms with E-state index in [-0.39, 0.29) is 0 Å². The first-order chi connectivity index (χ1) is 8.72. The number of para-hydroxylation sites is 1. The highest BCUT2D eigenvalue weighted by molar-refractivity contribution is 9.11. The highest BCUT2D eigenvalue weighted by Crippen LogP contribution is 2.30. The lowest BCUT2D eigenvalue weighted by atomic mass is 10.3. The van der Waals surface area contributed by atoms with Crippen molar-refractivity contribution in [3.8, 4) is 0 Å². The van der Waals surface area contributed by atoms with E-state index in [0.717, 1.165) is 34.1 Å². The molecule has 0 unspecified atom stereocenters. The van der Waals surface area contributed by atoms with Crippen molar-refractivity contribution in [1.29, 1.82) is 0 Å². The predicted octanol–water partition coefficient (Wildman–Crippen LogP) is 4.43. The Morgan fingerprint density at radius 1 is 1.28 bits per heavy atom. The SMILES string of the molecule is CCCn1cncc1CNc1c(Br)cccc1Br. The monoisotopic (exact) mass is 371 g/mol. The summed E-state index contributed by atoms with van der Waals surface area (Å²) in [5, 5.41) is 3.43. The Hall–Kier alpha value is -0.810. The molecule has 0 atom stereocenters. The first-order valence-corrected chi connectivity index (χ1v) is 7.48. The summed E-state index contributed by atoms with van der Waals surface area (Å²) in [7, 11) is 0. The average Bonchev–Trinajstić information content (AvgIpc) is 2.77. The summed E-state index contributed by atoms with van der Waals surface area (Å²) in [6.07, 6.45) is 4.91. The average molecular weight is 373 g/mol. The molecule has 18 heavy (non-hydrogen) atoms. The van der Waals surface area contributed by atoms with Gasteiger partial charge in [0.2, 0.25) is 0 Å². The van der Waals surface area contributed by atoms with E-state index in [1.54, 1.807) is 0 Å².